The van der Waals surface area contributed by atoms with E-state index in [0.717, 1.165) is 0 Å². The molecule has 250 valence electrons. The summed E-state index contributed by atoms with van der Waals surface area (Å²) in [6.45, 7) is 10.7. The maximum absolute atomic E-state index is 16.4. The number of para-hydroxylation sites is 1. The van der Waals surface area contributed by atoms with Gasteiger partial charge in [-0.15, -0.1) is 17.2 Å². The van der Waals surface area contributed by atoms with Crippen molar-refractivity contribution in [2.75, 3.05) is 4.58 Å². The summed E-state index contributed by atoms with van der Waals surface area (Å²) in [4.78, 5) is 0. The smallest absolute Gasteiger partial charge is 0.201 e. The van der Waals surface area contributed by atoms with Crippen molar-refractivity contribution in [3.8, 4) is 0 Å². The molecule has 0 bridgehead atoms. The maximum atomic E-state index is 16.4. The van der Waals surface area contributed by atoms with Gasteiger partial charge in [-0.25, -0.2) is 43.9 Å². The predicted octanol–water partition coefficient (Wildman–Crippen LogP) is 9.93. The second-order valence-electron chi connectivity index (χ2n) is 13.8. The van der Waals surface area contributed by atoms with Gasteiger partial charge in [-0.3, -0.25) is 0 Å². The Morgan fingerprint density at radius 3 is 1.17 bits per heavy atom. The van der Waals surface area contributed by atoms with Gasteiger partial charge in [0.2, 0.25) is 6.28 Å². The zero-order valence-corrected chi connectivity index (χ0v) is 27.2. The highest BCUT2D eigenvalue weighted by Crippen LogP contribution is 2.91. The van der Waals surface area contributed by atoms with Crippen molar-refractivity contribution in [1.29, 1.82) is 0 Å². The van der Waals surface area contributed by atoms with E-state index in [9.17, 15) is 8.78 Å². The molecule has 1 aliphatic rings. The van der Waals surface area contributed by atoms with Gasteiger partial charge in [-0.05, 0) is 59.2 Å². The first-order valence-corrected chi connectivity index (χ1v) is 16.6. The van der Waals surface area contributed by atoms with E-state index >= 15 is 35.1 Å². The largest absolute Gasteiger partial charge is 0.405 e. The SMILES string of the molecule is CC(C)(C)[P+]1(C(C)(C)C)[C@@H](c2ccccc2)C[B-](c2c(F)c(F)c(F)c(F)c2F)(c2c(F)c(F)c(F)c(F)c2F)N1c1ccccc1. The quantitative estimate of drug-likeness (QED) is 0.0680. The predicted molar refractivity (Wildman–Crippen MR) is 167 cm³/mol. The lowest BCUT2D eigenvalue weighted by atomic mass is 9.24. The second kappa shape index (κ2) is 11.6. The van der Waals surface area contributed by atoms with E-state index in [-0.39, 0.29) is 5.69 Å². The molecule has 0 N–H and O–H groups in total. The van der Waals surface area contributed by atoms with Crippen molar-refractivity contribution in [2.24, 2.45) is 0 Å². The molecule has 5 rings (SSSR count). The van der Waals surface area contributed by atoms with Gasteiger partial charge in [0.05, 0.1) is 23.4 Å². The Balaban J connectivity index is 2.20. The summed E-state index contributed by atoms with van der Waals surface area (Å²) < 4.78 is 157. The Labute approximate surface area is 266 Å². The Hall–Kier alpha value is -3.53. The molecule has 0 amide bonds. The highest BCUT2D eigenvalue weighted by atomic mass is 31.2. The molecule has 4 aromatic rings. The minimum atomic E-state index is -4.27. The highest BCUT2D eigenvalue weighted by molar-refractivity contribution is 7.84. The maximum Gasteiger partial charge on any atom is 0.201 e. The number of halogens is 10. The van der Waals surface area contributed by atoms with E-state index in [1.54, 1.807) is 77.9 Å². The molecular formula is C34H31BF10NP. The van der Waals surface area contributed by atoms with Gasteiger partial charge >= 0.3 is 0 Å². The molecule has 1 nitrogen and oxygen atoms in total. The summed E-state index contributed by atoms with van der Waals surface area (Å²) in [7, 11) is -3.48. The molecular weight excluding hydrogens is 654 g/mol. The number of nitrogens with zero attached hydrogens (tertiary/aromatic N) is 1. The summed E-state index contributed by atoms with van der Waals surface area (Å²) in [5, 5.41) is -1.97. The van der Waals surface area contributed by atoms with Crippen molar-refractivity contribution >= 4 is 30.3 Å². The topological polar surface area (TPSA) is 3.24 Å². The van der Waals surface area contributed by atoms with Crippen LogP contribution in [0.25, 0.3) is 0 Å². The average molecular weight is 685 g/mol. The first-order valence-electron chi connectivity index (χ1n) is 14.8. The number of rotatable bonds is 4. The molecule has 1 heterocycles. The number of hydrogen-bond donors (Lipinski definition) is 0. The van der Waals surface area contributed by atoms with Crippen LogP contribution < -0.4 is 15.5 Å². The van der Waals surface area contributed by atoms with Gasteiger partial charge in [0.15, 0.2) is 34.9 Å². The molecule has 1 atom stereocenters. The van der Waals surface area contributed by atoms with E-state index in [4.69, 9.17) is 0 Å². The lowest BCUT2D eigenvalue weighted by Crippen LogP contribution is -2.72. The molecule has 1 fully saturated rings. The molecule has 1 aliphatic heterocycles. The molecule has 13 heteroatoms. The summed E-state index contributed by atoms with van der Waals surface area (Å²) in [5.74, 6) is -24.5. The fourth-order valence-electron chi connectivity index (χ4n) is 8.38. The Morgan fingerprint density at radius 1 is 0.511 bits per heavy atom. The molecule has 0 radical (unpaired) electrons. The minimum absolute atomic E-state index is 0.0389. The van der Waals surface area contributed by atoms with Gasteiger partial charge in [0, 0.05) is 5.69 Å². The fourth-order valence-corrected chi connectivity index (χ4v) is 16.5. The number of anilines is 1. The minimum Gasteiger partial charge on any atom is -0.405 e. The zero-order chi connectivity index (χ0) is 35.0. The second-order valence-corrected chi connectivity index (χ2v) is 18.9. The van der Waals surface area contributed by atoms with Crippen LogP contribution in [0.15, 0.2) is 60.7 Å². The van der Waals surface area contributed by atoms with E-state index in [1.807, 2.05) is 0 Å². The number of hydrogen-bond acceptors (Lipinski definition) is 1. The molecule has 4 aromatic carbocycles. The van der Waals surface area contributed by atoms with Crippen molar-refractivity contribution in [3.63, 3.8) is 0 Å². The van der Waals surface area contributed by atoms with Crippen LogP contribution in [0, 0.1) is 58.2 Å². The number of benzene rings is 4. The van der Waals surface area contributed by atoms with Crippen LogP contribution in [0.4, 0.5) is 49.6 Å². The van der Waals surface area contributed by atoms with Gasteiger partial charge in [-0.1, -0.05) is 48.5 Å². The van der Waals surface area contributed by atoms with Crippen LogP contribution in [-0.4, -0.2) is 16.6 Å². The van der Waals surface area contributed by atoms with Crippen LogP contribution in [0.3, 0.4) is 0 Å². The molecule has 0 aromatic heterocycles. The van der Waals surface area contributed by atoms with Crippen molar-refractivity contribution in [3.05, 3.63) is 124 Å². The lowest BCUT2D eigenvalue weighted by Gasteiger charge is -2.60. The summed E-state index contributed by atoms with van der Waals surface area (Å²) in [6, 6.07) is 15.7. The van der Waals surface area contributed by atoms with Crippen molar-refractivity contribution < 1.29 is 43.9 Å². The van der Waals surface area contributed by atoms with Crippen LogP contribution in [0.1, 0.15) is 52.8 Å². The van der Waals surface area contributed by atoms with Gasteiger partial charge in [0.1, 0.15) is 23.3 Å². The Morgan fingerprint density at radius 2 is 0.830 bits per heavy atom. The van der Waals surface area contributed by atoms with Gasteiger partial charge < -0.3 is 4.58 Å². The lowest BCUT2D eigenvalue weighted by molar-refractivity contribution is 0.381. The molecule has 0 saturated carbocycles. The third-order valence-corrected chi connectivity index (χ3v) is 16.3. The van der Waals surface area contributed by atoms with E-state index in [1.165, 1.54) is 28.8 Å². The van der Waals surface area contributed by atoms with Crippen molar-refractivity contribution in [2.45, 2.75) is 63.8 Å². The Bertz CT molecular complexity index is 1710. The zero-order valence-electron chi connectivity index (χ0n) is 26.3. The van der Waals surface area contributed by atoms with E-state index in [0.29, 0.717) is 5.56 Å². The standard InChI is InChI=1S/C34H31BF10NP/c1-33(2,3)47(34(4,5)6)20(18-13-9-7-10-14-18)17-35(46(47)19-15-11-8-12-16-19,21-23(36)27(40)31(44)28(41)24(21)37)22-25(38)29(42)32(45)30(43)26(22)39/h7-16,20H,17H2,1-6H3/t20-/m1/s1. The van der Waals surface area contributed by atoms with Crippen LogP contribution in [-0.2, 0) is 0 Å². The fraction of sp³-hybridized carbons (Fsp3) is 0.294. The monoisotopic (exact) mass is 685 g/mol. The Kier molecular flexibility index (Phi) is 8.56. The summed E-state index contributed by atoms with van der Waals surface area (Å²) in [6.07, 6.45) is -5.04. The van der Waals surface area contributed by atoms with E-state index < -0.39 is 105 Å². The van der Waals surface area contributed by atoms with Gasteiger partial charge in [-0.2, -0.15) is 0 Å². The first-order chi connectivity index (χ1) is 21.8. The summed E-state index contributed by atoms with van der Waals surface area (Å²) >= 11 is 0. The normalized spacial score (nSPS) is 17.8. The molecule has 0 spiro atoms. The molecule has 0 aliphatic carbocycles. The van der Waals surface area contributed by atoms with Crippen molar-refractivity contribution in [1.82, 2.24) is 0 Å². The average Bonchev–Trinajstić information content (AvgIpc) is 3.36. The van der Waals surface area contributed by atoms with Crippen LogP contribution in [0.5, 0.6) is 0 Å². The first kappa shape index (κ1) is 34.8. The molecule has 47 heavy (non-hydrogen) atoms. The third kappa shape index (κ3) is 4.72. The van der Waals surface area contributed by atoms with E-state index in [2.05, 4.69) is 0 Å². The molecule has 0 unspecified atom stereocenters. The van der Waals surface area contributed by atoms with Gasteiger partial charge in [0.25, 0.3) is 0 Å². The highest BCUT2D eigenvalue weighted by Gasteiger charge is 2.74. The summed E-state index contributed by atoms with van der Waals surface area (Å²) in [5.41, 5.74) is -3.75. The van der Waals surface area contributed by atoms with Crippen LogP contribution in [0.2, 0.25) is 6.32 Å². The molecule has 1 saturated heterocycles. The van der Waals surface area contributed by atoms with Crippen LogP contribution >= 0.6 is 7.41 Å². The third-order valence-electron chi connectivity index (χ3n) is 9.47.